The highest BCUT2D eigenvalue weighted by atomic mass is 16.1. The van der Waals surface area contributed by atoms with Crippen LogP contribution in [-0.4, -0.2) is 35.0 Å². The minimum absolute atomic E-state index is 0.217. The van der Waals surface area contributed by atoms with Crippen molar-refractivity contribution < 1.29 is 4.79 Å². The SMILES string of the molecule is CC1CCN(c2ccc(NC(=O)c3cc(NC4CC4)ncn3)cc2)CC1. The second kappa shape index (κ2) is 7.32. The molecule has 0 atom stereocenters. The van der Waals surface area contributed by atoms with Crippen LogP contribution < -0.4 is 15.5 Å². The highest BCUT2D eigenvalue weighted by molar-refractivity contribution is 6.03. The standard InChI is InChI=1S/C20H25N5O/c1-14-8-10-25(11-9-14)17-6-4-16(5-7-17)24-20(26)18-12-19(22-13-21-18)23-15-2-3-15/h4-7,12-15H,2-3,8-11H2,1H3,(H,24,26)(H,21,22,23). The van der Waals surface area contributed by atoms with Crippen LogP contribution in [0.1, 0.15) is 43.1 Å². The number of piperidine rings is 1. The molecule has 6 nitrogen and oxygen atoms in total. The van der Waals surface area contributed by atoms with Gasteiger partial charge in [-0.15, -0.1) is 0 Å². The molecule has 1 aliphatic carbocycles. The Kier molecular flexibility index (Phi) is 4.73. The summed E-state index contributed by atoms with van der Waals surface area (Å²) in [5, 5.41) is 6.20. The van der Waals surface area contributed by atoms with Gasteiger partial charge in [0.05, 0.1) is 0 Å². The Bertz CT molecular complexity index is 764. The average Bonchev–Trinajstić information content (AvgIpc) is 3.47. The van der Waals surface area contributed by atoms with E-state index in [0.29, 0.717) is 17.6 Å². The molecular weight excluding hydrogens is 326 g/mol. The summed E-state index contributed by atoms with van der Waals surface area (Å²) < 4.78 is 0. The first-order chi connectivity index (χ1) is 12.7. The fourth-order valence-electron chi connectivity index (χ4n) is 3.21. The molecule has 6 heteroatoms. The van der Waals surface area contributed by atoms with E-state index in [-0.39, 0.29) is 5.91 Å². The van der Waals surface area contributed by atoms with Gasteiger partial charge in [0.2, 0.25) is 0 Å². The van der Waals surface area contributed by atoms with E-state index in [1.165, 1.54) is 24.9 Å². The number of amides is 1. The van der Waals surface area contributed by atoms with Crippen LogP contribution in [0.2, 0.25) is 0 Å². The molecule has 2 N–H and O–H groups in total. The van der Waals surface area contributed by atoms with Gasteiger partial charge in [0.25, 0.3) is 5.91 Å². The lowest BCUT2D eigenvalue weighted by Gasteiger charge is -2.32. The van der Waals surface area contributed by atoms with Gasteiger partial charge in [-0.2, -0.15) is 0 Å². The zero-order valence-corrected chi connectivity index (χ0v) is 15.1. The van der Waals surface area contributed by atoms with Gasteiger partial charge in [0.1, 0.15) is 17.8 Å². The largest absolute Gasteiger partial charge is 0.372 e. The van der Waals surface area contributed by atoms with Crippen molar-refractivity contribution in [3.63, 3.8) is 0 Å². The number of aromatic nitrogens is 2. The summed E-state index contributed by atoms with van der Waals surface area (Å²) in [5.74, 6) is 1.31. The van der Waals surface area contributed by atoms with Crippen molar-refractivity contribution >= 4 is 23.1 Å². The van der Waals surface area contributed by atoms with Crippen molar-refractivity contribution in [2.24, 2.45) is 5.92 Å². The summed E-state index contributed by atoms with van der Waals surface area (Å²) in [7, 11) is 0. The zero-order valence-electron chi connectivity index (χ0n) is 15.1. The van der Waals surface area contributed by atoms with Crippen LogP contribution in [0.5, 0.6) is 0 Å². The number of nitrogens with one attached hydrogen (secondary N) is 2. The van der Waals surface area contributed by atoms with Crippen LogP contribution in [0.15, 0.2) is 36.7 Å². The summed E-state index contributed by atoms with van der Waals surface area (Å²) in [4.78, 5) is 23.1. The highest BCUT2D eigenvalue weighted by Crippen LogP contribution is 2.25. The number of rotatable bonds is 5. The molecule has 2 heterocycles. The number of anilines is 3. The quantitative estimate of drug-likeness (QED) is 0.862. The van der Waals surface area contributed by atoms with Crippen molar-refractivity contribution in [2.75, 3.05) is 28.6 Å². The third-order valence-electron chi connectivity index (χ3n) is 5.10. The number of hydrogen-bond donors (Lipinski definition) is 2. The zero-order chi connectivity index (χ0) is 17.9. The molecule has 2 fully saturated rings. The van der Waals surface area contributed by atoms with Crippen molar-refractivity contribution in [2.45, 2.75) is 38.6 Å². The Balaban J connectivity index is 1.38. The molecule has 2 aliphatic rings. The Morgan fingerprint density at radius 2 is 1.81 bits per heavy atom. The Hall–Kier alpha value is -2.63. The molecule has 1 saturated carbocycles. The minimum Gasteiger partial charge on any atom is -0.372 e. The predicted octanol–water partition coefficient (Wildman–Crippen LogP) is 3.54. The van der Waals surface area contributed by atoms with Gasteiger partial charge in [-0.25, -0.2) is 9.97 Å². The number of carbonyl (C=O) groups is 1. The average molecular weight is 351 g/mol. The Morgan fingerprint density at radius 3 is 2.50 bits per heavy atom. The first kappa shape index (κ1) is 16.8. The molecule has 1 aromatic carbocycles. The van der Waals surface area contributed by atoms with E-state index >= 15 is 0 Å². The summed E-state index contributed by atoms with van der Waals surface area (Å²) >= 11 is 0. The van der Waals surface area contributed by atoms with Gasteiger partial charge < -0.3 is 15.5 Å². The Morgan fingerprint density at radius 1 is 1.08 bits per heavy atom. The molecular formula is C20H25N5O. The summed E-state index contributed by atoms with van der Waals surface area (Å²) in [6.07, 6.45) is 6.23. The van der Waals surface area contributed by atoms with Gasteiger partial charge in [-0.05, 0) is 55.9 Å². The predicted molar refractivity (Wildman–Crippen MR) is 104 cm³/mol. The molecule has 0 spiro atoms. The minimum atomic E-state index is -0.217. The number of nitrogens with zero attached hydrogens (tertiary/aromatic N) is 3. The van der Waals surface area contributed by atoms with Gasteiger partial charge >= 0.3 is 0 Å². The van der Waals surface area contributed by atoms with Crippen molar-refractivity contribution in [1.29, 1.82) is 0 Å². The van der Waals surface area contributed by atoms with Crippen LogP contribution in [0.4, 0.5) is 17.2 Å². The monoisotopic (exact) mass is 351 g/mol. The van der Waals surface area contributed by atoms with Gasteiger partial charge in [-0.3, -0.25) is 4.79 Å². The van der Waals surface area contributed by atoms with Crippen molar-refractivity contribution in [1.82, 2.24) is 9.97 Å². The third-order valence-corrected chi connectivity index (χ3v) is 5.10. The maximum atomic E-state index is 12.5. The second-order valence-electron chi connectivity index (χ2n) is 7.38. The van der Waals surface area contributed by atoms with E-state index in [9.17, 15) is 4.79 Å². The number of benzene rings is 1. The van der Waals surface area contributed by atoms with E-state index in [0.717, 1.165) is 37.5 Å². The molecule has 1 saturated heterocycles. The van der Waals surface area contributed by atoms with Gasteiger partial charge in [0, 0.05) is 36.6 Å². The van der Waals surface area contributed by atoms with Gasteiger partial charge in [-0.1, -0.05) is 6.92 Å². The normalized spacial score (nSPS) is 17.8. The van der Waals surface area contributed by atoms with E-state index in [2.05, 4.69) is 44.6 Å². The molecule has 1 amide bonds. The lowest BCUT2D eigenvalue weighted by molar-refractivity contribution is 0.102. The smallest absolute Gasteiger partial charge is 0.274 e. The van der Waals surface area contributed by atoms with Gasteiger partial charge in [0.15, 0.2) is 0 Å². The number of carbonyl (C=O) groups excluding carboxylic acids is 1. The van der Waals surface area contributed by atoms with Crippen LogP contribution in [0, 0.1) is 5.92 Å². The summed E-state index contributed by atoms with van der Waals surface area (Å²) in [5.41, 5.74) is 2.37. The van der Waals surface area contributed by atoms with Crippen molar-refractivity contribution in [3.8, 4) is 0 Å². The molecule has 0 radical (unpaired) electrons. The van der Waals surface area contributed by atoms with Crippen LogP contribution in [-0.2, 0) is 0 Å². The highest BCUT2D eigenvalue weighted by Gasteiger charge is 2.22. The lowest BCUT2D eigenvalue weighted by Crippen LogP contribution is -2.32. The maximum Gasteiger partial charge on any atom is 0.274 e. The molecule has 1 aromatic heterocycles. The first-order valence-corrected chi connectivity index (χ1v) is 9.42. The maximum absolute atomic E-state index is 12.5. The fourth-order valence-corrected chi connectivity index (χ4v) is 3.21. The molecule has 26 heavy (non-hydrogen) atoms. The lowest BCUT2D eigenvalue weighted by atomic mass is 9.99. The van der Waals surface area contributed by atoms with Crippen LogP contribution >= 0.6 is 0 Å². The van der Waals surface area contributed by atoms with E-state index in [4.69, 9.17) is 0 Å². The fraction of sp³-hybridized carbons (Fsp3) is 0.450. The first-order valence-electron chi connectivity index (χ1n) is 9.42. The number of hydrogen-bond acceptors (Lipinski definition) is 5. The third kappa shape index (κ3) is 4.12. The second-order valence-corrected chi connectivity index (χ2v) is 7.38. The summed E-state index contributed by atoms with van der Waals surface area (Å²) in [6, 6.07) is 10.3. The molecule has 0 unspecified atom stereocenters. The molecule has 4 rings (SSSR count). The molecule has 0 bridgehead atoms. The molecule has 2 aromatic rings. The van der Waals surface area contributed by atoms with E-state index < -0.39 is 0 Å². The van der Waals surface area contributed by atoms with E-state index in [1.54, 1.807) is 6.07 Å². The van der Waals surface area contributed by atoms with Crippen LogP contribution in [0.3, 0.4) is 0 Å². The molecule has 136 valence electrons. The molecule has 1 aliphatic heterocycles. The topological polar surface area (TPSA) is 70.2 Å². The van der Waals surface area contributed by atoms with Crippen molar-refractivity contribution in [3.05, 3.63) is 42.4 Å². The van der Waals surface area contributed by atoms with E-state index in [1.807, 2.05) is 12.1 Å². The van der Waals surface area contributed by atoms with Crippen LogP contribution in [0.25, 0.3) is 0 Å². The summed E-state index contributed by atoms with van der Waals surface area (Å²) in [6.45, 7) is 4.52. The Labute approximate surface area is 154 Å².